The number of hydrogen-bond acceptors (Lipinski definition) is 3. The highest BCUT2D eigenvalue weighted by molar-refractivity contribution is 5.79. The summed E-state index contributed by atoms with van der Waals surface area (Å²) in [5.74, 6) is 0.974. The monoisotopic (exact) mass is 392 g/mol. The number of benzene rings is 1. The van der Waals surface area contributed by atoms with Gasteiger partial charge in [-0.1, -0.05) is 6.07 Å². The third-order valence-corrected chi connectivity index (χ3v) is 5.64. The van der Waals surface area contributed by atoms with Crippen LogP contribution in [0.4, 0.5) is 18.9 Å². The second-order valence-electron chi connectivity index (χ2n) is 7.55. The molecule has 1 saturated heterocycles. The topological polar surface area (TPSA) is 52.2 Å². The molecule has 28 heavy (non-hydrogen) atoms. The van der Waals surface area contributed by atoms with Crippen molar-refractivity contribution in [3.05, 3.63) is 47.0 Å². The molecule has 0 radical (unpaired) electrons. The molecule has 0 bridgehead atoms. The van der Waals surface area contributed by atoms with E-state index in [4.69, 9.17) is 0 Å². The Morgan fingerprint density at radius 2 is 1.96 bits per heavy atom. The number of nitrogens with zero attached hydrogens (tertiary/aromatic N) is 3. The molecule has 1 aromatic carbocycles. The molecule has 2 aliphatic rings. The van der Waals surface area contributed by atoms with Gasteiger partial charge in [0.2, 0.25) is 5.91 Å². The number of piperazine rings is 1. The molecule has 0 spiro atoms. The van der Waals surface area contributed by atoms with Crippen LogP contribution in [-0.2, 0) is 23.8 Å². The second-order valence-corrected chi connectivity index (χ2v) is 7.55. The number of hydrogen-bond donors (Lipinski definition) is 1. The number of aromatic amines is 1. The number of carbonyl (C=O) groups excluding carboxylic acids is 1. The van der Waals surface area contributed by atoms with E-state index in [9.17, 15) is 18.0 Å². The van der Waals surface area contributed by atoms with Crippen LogP contribution in [0.5, 0.6) is 0 Å². The fraction of sp³-hybridized carbons (Fsp3) is 0.500. The van der Waals surface area contributed by atoms with Crippen LogP contribution in [0.15, 0.2) is 24.3 Å². The van der Waals surface area contributed by atoms with Gasteiger partial charge >= 0.3 is 6.18 Å². The molecule has 4 rings (SSSR count). The molecule has 150 valence electrons. The summed E-state index contributed by atoms with van der Waals surface area (Å²) >= 11 is 0. The Morgan fingerprint density at radius 3 is 2.68 bits per heavy atom. The highest BCUT2D eigenvalue weighted by Crippen LogP contribution is 2.32. The number of halogens is 3. The maximum Gasteiger partial charge on any atom is 0.416 e. The highest BCUT2D eigenvalue weighted by Gasteiger charge is 2.33. The maximum atomic E-state index is 12.9. The van der Waals surface area contributed by atoms with Gasteiger partial charge < -0.3 is 14.8 Å². The summed E-state index contributed by atoms with van der Waals surface area (Å²) in [6.45, 7) is 4.05. The van der Waals surface area contributed by atoms with Crippen LogP contribution < -0.4 is 4.90 Å². The van der Waals surface area contributed by atoms with Crippen molar-refractivity contribution < 1.29 is 18.0 Å². The number of carbonyl (C=O) groups is 1. The molecule has 1 aliphatic carbocycles. The molecule has 2 heterocycles. The quantitative estimate of drug-likeness (QED) is 0.854. The molecule has 1 unspecified atom stereocenters. The van der Waals surface area contributed by atoms with Gasteiger partial charge in [-0.2, -0.15) is 13.2 Å². The Labute approximate surface area is 161 Å². The van der Waals surface area contributed by atoms with E-state index in [1.165, 1.54) is 12.1 Å². The number of anilines is 1. The number of H-pyrrole nitrogens is 1. The van der Waals surface area contributed by atoms with Crippen molar-refractivity contribution >= 4 is 11.6 Å². The Balaban J connectivity index is 1.37. The predicted molar refractivity (Wildman–Crippen MR) is 99.1 cm³/mol. The van der Waals surface area contributed by atoms with Crippen molar-refractivity contribution in [2.45, 2.75) is 32.4 Å². The first kappa shape index (κ1) is 18.8. The Kier molecular flexibility index (Phi) is 4.81. The molecule has 0 saturated carbocycles. The lowest BCUT2D eigenvalue weighted by Crippen LogP contribution is -2.51. The molecule has 1 aliphatic heterocycles. The smallest absolute Gasteiger partial charge is 0.368 e. The number of imidazole rings is 1. The van der Waals surface area contributed by atoms with E-state index in [1.807, 2.05) is 16.7 Å². The van der Waals surface area contributed by atoms with Crippen molar-refractivity contribution in [2.75, 3.05) is 31.1 Å². The van der Waals surface area contributed by atoms with E-state index in [2.05, 4.69) is 9.97 Å². The number of alkyl halides is 3. The summed E-state index contributed by atoms with van der Waals surface area (Å²) in [6, 6.07) is 5.39. The maximum absolute atomic E-state index is 12.9. The first-order chi connectivity index (χ1) is 13.3. The van der Waals surface area contributed by atoms with Crippen molar-refractivity contribution in [3.8, 4) is 0 Å². The van der Waals surface area contributed by atoms with E-state index in [1.54, 1.807) is 6.07 Å². The zero-order valence-electron chi connectivity index (χ0n) is 15.7. The van der Waals surface area contributed by atoms with Gasteiger partial charge in [0.05, 0.1) is 11.3 Å². The van der Waals surface area contributed by atoms with Gasteiger partial charge in [-0.3, -0.25) is 4.79 Å². The van der Waals surface area contributed by atoms with Crippen molar-refractivity contribution in [1.82, 2.24) is 14.9 Å². The lowest BCUT2D eigenvalue weighted by molar-refractivity contribution is -0.137. The number of amides is 1. The molecular formula is C20H23F3N4O. The summed E-state index contributed by atoms with van der Waals surface area (Å²) in [4.78, 5) is 24.4. The molecule has 1 N–H and O–H groups in total. The third-order valence-electron chi connectivity index (χ3n) is 5.64. The Morgan fingerprint density at radius 1 is 1.21 bits per heavy atom. The Hall–Kier alpha value is -2.51. The number of aryl methyl sites for hydroxylation is 2. The van der Waals surface area contributed by atoms with Crippen molar-refractivity contribution in [3.63, 3.8) is 0 Å². The molecule has 1 fully saturated rings. The minimum absolute atomic E-state index is 0.0487. The number of rotatable bonds is 2. The molecule has 1 atom stereocenters. The first-order valence-corrected chi connectivity index (χ1v) is 9.56. The lowest BCUT2D eigenvalue weighted by Gasteiger charge is -2.38. The fourth-order valence-electron chi connectivity index (χ4n) is 4.16. The van der Waals surface area contributed by atoms with E-state index in [-0.39, 0.29) is 11.8 Å². The van der Waals surface area contributed by atoms with E-state index in [0.29, 0.717) is 38.3 Å². The van der Waals surface area contributed by atoms with E-state index < -0.39 is 11.7 Å². The average molecular weight is 392 g/mol. The molecular weight excluding hydrogens is 369 g/mol. The van der Waals surface area contributed by atoms with E-state index in [0.717, 1.165) is 36.1 Å². The molecule has 5 nitrogen and oxygen atoms in total. The van der Waals surface area contributed by atoms with Crippen LogP contribution in [0, 0.1) is 12.8 Å². The van der Waals surface area contributed by atoms with Crippen LogP contribution in [0.25, 0.3) is 0 Å². The number of aromatic nitrogens is 2. The van der Waals surface area contributed by atoms with Crippen molar-refractivity contribution in [2.24, 2.45) is 5.92 Å². The Bertz CT molecular complexity index is 869. The standard InChI is InChI=1S/C20H23F3N4O/c1-13-24-17-6-5-14(11-18(17)25-13)19(28)27-9-7-26(8-10-27)16-4-2-3-15(12-16)20(21,22)23/h2-4,12,14H,5-11H2,1H3,(H,24,25). The van der Waals surface area contributed by atoms with Crippen LogP contribution in [0.2, 0.25) is 0 Å². The van der Waals surface area contributed by atoms with Crippen LogP contribution in [0.1, 0.15) is 29.2 Å². The van der Waals surface area contributed by atoms with Crippen LogP contribution in [0.3, 0.4) is 0 Å². The van der Waals surface area contributed by atoms with Gasteiger partial charge in [0, 0.05) is 49.9 Å². The molecule has 2 aromatic rings. The zero-order chi connectivity index (χ0) is 19.9. The van der Waals surface area contributed by atoms with Gasteiger partial charge in [0.1, 0.15) is 5.82 Å². The van der Waals surface area contributed by atoms with Gasteiger partial charge in [0.25, 0.3) is 0 Å². The average Bonchev–Trinajstić information content (AvgIpc) is 3.06. The molecule has 1 amide bonds. The normalized spacial score (nSPS) is 20.2. The molecule has 8 heteroatoms. The third kappa shape index (κ3) is 3.72. The first-order valence-electron chi connectivity index (χ1n) is 9.56. The molecule has 1 aromatic heterocycles. The van der Waals surface area contributed by atoms with Crippen LogP contribution >= 0.6 is 0 Å². The van der Waals surface area contributed by atoms with E-state index >= 15 is 0 Å². The minimum atomic E-state index is -4.35. The summed E-state index contributed by atoms with van der Waals surface area (Å²) < 4.78 is 38.8. The van der Waals surface area contributed by atoms with Gasteiger partial charge in [-0.25, -0.2) is 4.98 Å². The summed E-state index contributed by atoms with van der Waals surface area (Å²) in [5.41, 5.74) is 2.04. The van der Waals surface area contributed by atoms with Gasteiger partial charge in [0.15, 0.2) is 0 Å². The summed E-state index contributed by atoms with van der Waals surface area (Å²) in [7, 11) is 0. The summed E-state index contributed by atoms with van der Waals surface area (Å²) in [5, 5.41) is 0. The predicted octanol–water partition coefficient (Wildman–Crippen LogP) is 3.19. The SMILES string of the molecule is Cc1nc2c([nH]1)CC(C(=O)N1CCN(c3cccc(C(F)(F)F)c3)CC1)CC2. The number of fused-ring (bicyclic) bond motifs is 1. The lowest BCUT2D eigenvalue weighted by atomic mass is 9.88. The largest absolute Gasteiger partial charge is 0.416 e. The fourth-order valence-corrected chi connectivity index (χ4v) is 4.16. The highest BCUT2D eigenvalue weighted by atomic mass is 19.4. The van der Waals surface area contributed by atoms with Gasteiger partial charge in [-0.15, -0.1) is 0 Å². The second kappa shape index (κ2) is 7.14. The van der Waals surface area contributed by atoms with Crippen LogP contribution in [-0.4, -0.2) is 47.0 Å². The van der Waals surface area contributed by atoms with Gasteiger partial charge in [-0.05, 0) is 38.0 Å². The zero-order valence-corrected chi connectivity index (χ0v) is 15.7. The number of nitrogens with one attached hydrogen (secondary N) is 1. The minimum Gasteiger partial charge on any atom is -0.368 e. The van der Waals surface area contributed by atoms with Crippen molar-refractivity contribution in [1.29, 1.82) is 0 Å². The summed E-state index contributed by atoms with van der Waals surface area (Å²) in [6.07, 6.45) is -2.06.